The van der Waals surface area contributed by atoms with Crippen molar-refractivity contribution in [2.45, 2.75) is 20.3 Å². The molecule has 2 rings (SSSR count). The van der Waals surface area contributed by atoms with Crippen molar-refractivity contribution in [1.29, 1.82) is 0 Å². The molecule has 0 saturated heterocycles. The number of rotatable bonds is 4. The zero-order chi connectivity index (χ0) is 14.0. The lowest BCUT2D eigenvalue weighted by Gasteiger charge is -2.12. The smallest absolute Gasteiger partial charge is 0.124 e. The fourth-order valence-corrected chi connectivity index (χ4v) is 2.50. The first kappa shape index (κ1) is 13.6. The minimum absolute atomic E-state index is 0.616. The van der Waals surface area contributed by atoms with Gasteiger partial charge in [0.25, 0.3) is 0 Å². The van der Waals surface area contributed by atoms with Crippen LogP contribution in [0.3, 0.4) is 0 Å². The highest BCUT2D eigenvalue weighted by Gasteiger charge is 2.11. The molecule has 1 aromatic heterocycles. The summed E-state index contributed by atoms with van der Waals surface area (Å²) in [4.78, 5) is 4.44. The third-order valence-corrected chi connectivity index (χ3v) is 3.41. The van der Waals surface area contributed by atoms with E-state index in [9.17, 15) is 0 Å². The van der Waals surface area contributed by atoms with Crippen LogP contribution >= 0.6 is 0 Å². The van der Waals surface area contributed by atoms with Crippen LogP contribution in [0.25, 0.3) is 11.3 Å². The summed E-state index contributed by atoms with van der Waals surface area (Å²) in [5.41, 5.74) is 10.1. The van der Waals surface area contributed by atoms with Gasteiger partial charge in [0.1, 0.15) is 11.6 Å². The van der Waals surface area contributed by atoms with Gasteiger partial charge < -0.3 is 15.0 Å². The average Bonchev–Trinajstić information content (AvgIpc) is 2.71. The molecule has 19 heavy (non-hydrogen) atoms. The number of imidazole rings is 1. The van der Waals surface area contributed by atoms with E-state index in [4.69, 9.17) is 10.5 Å². The molecule has 0 aliphatic rings. The van der Waals surface area contributed by atoms with Crippen LogP contribution in [-0.2, 0) is 13.5 Å². The SMILES string of the molecule is COc1c(C)cc(-c2cnc(CCN)n2C)cc1C. The number of aryl methyl sites for hydroxylation is 2. The van der Waals surface area contributed by atoms with Gasteiger partial charge in [-0.05, 0) is 43.7 Å². The van der Waals surface area contributed by atoms with Gasteiger partial charge in [-0.15, -0.1) is 0 Å². The molecule has 0 atom stereocenters. The van der Waals surface area contributed by atoms with Crippen molar-refractivity contribution in [2.24, 2.45) is 12.8 Å². The van der Waals surface area contributed by atoms with E-state index >= 15 is 0 Å². The van der Waals surface area contributed by atoms with E-state index in [1.54, 1.807) is 7.11 Å². The lowest BCUT2D eigenvalue weighted by molar-refractivity contribution is 0.408. The van der Waals surface area contributed by atoms with Gasteiger partial charge in [0.05, 0.1) is 19.0 Å². The lowest BCUT2D eigenvalue weighted by atomic mass is 10.0. The molecule has 0 fully saturated rings. The molecule has 0 radical (unpaired) electrons. The number of nitrogens with two attached hydrogens (primary N) is 1. The van der Waals surface area contributed by atoms with Crippen molar-refractivity contribution < 1.29 is 4.74 Å². The quantitative estimate of drug-likeness (QED) is 0.916. The van der Waals surface area contributed by atoms with Crippen molar-refractivity contribution in [3.05, 3.63) is 35.3 Å². The molecule has 2 aromatic rings. The first-order valence-electron chi connectivity index (χ1n) is 6.44. The lowest BCUT2D eigenvalue weighted by Crippen LogP contribution is -2.08. The summed E-state index contributed by atoms with van der Waals surface area (Å²) < 4.78 is 7.51. The third kappa shape index (κ3) is 2.49. The van der Waals surface area contributed by atoms with E-state index in [0.29, 0.717) is 6.54 Å². The average molecular weight is 259 g/mol. The van der Waals surface area contributed by atoms with E-state index in [-0.39, 0.29) is 0 Å². The second kappa shape index (κ2) is 5.45. The number of methoxy groups -OCH3 is 1. The van der Waals surface area contributed by atoms with Gasteiger partial charge in [-0.3, -0.25) is 0 Å². The van der Waals surface area contributed by atoms with Crippen LogP contribution in [0, 0.1) is 13.8 Å². The maximum absolute atomic E-state index is 5.59. The van der Waals surface area contributed by atoms with Crippen LogP contribution in [0.15, 0.2) is 18.3 Å². The fourth-order valence-electron chi connectivity index (χ4n) is 2.50. The van der Waals surface area contributed by atoms with Gasteiger partial charge >= 0.3 is 0 Å². The zero-order valence-electron chi connectivity index (χ0n) is 12.0. The van der Waals surface area contributed by atoms with Crippen molar-refractivity contribution in [3.63, 3.8) is 0 Å². The largest absolute Gasteiger partial charge is 0.496 e. The third-order valence-electron chi connectivity index (χ3n) is 3.41. The Bertz CT molecular complexity index is 564. The second-order valence-electron chi connectivity index (χ2n) is 4.80. The van der Waals surface area contributed by atoms with Gasteiger partial charge in [0.15, 0.2) is 0 Å². The Morgan fingerprint density at radius 2 is 1.89 bits per heavy atom. The molecule has 1 aromatic carbocycles. The Hall–Kier alpha value is -1.81. The molecule has 0 aliphatic carbocycles. The fraction of sp³-hybridized carbons (Fsp3) is 0.400. The Morgan fingerprint density at radius 1 is 1.26 bits per heavy atom. The van der Waals surface area contributed by atoms with E-state index in [0.717, 1.165) is 40.4 Å². The molecule has 0 bridgehead atoms. The number of hydrogen-bond donors (Lipinski definition) is 1. The Balaban J connectivity index is 2.48. The van der Waals surface area contributed by atoms with Crippen molar-refractivity contribution >= 4 is 0 Å². The van der Waals surface area contributed by atoms with Gasteiger partial charge in [-0.25, -0.2) is 4.98 Å². The van der Waals surface area contributed by atoms with E-state index in [2.05, 4.69) is 35.5 Å². The molecule has 1 heterocycles. The molecule has 102 valence electrons. The molecular weight excluding hydrogens is 238 g/mol. The maximum atomic E-state index is 5.59. The summed E-state index contributed by atoms with van der Waals surface area (Å²) in [5.74, 6) is 1.97. The molecular formula is C15H21N3O. The molecule has 4 heteroatoms. The zero-order valence-corrected chi connectivity index (χ0v) is 12.0. The van der Waals surface area contributed by atoms with Crippen LogP contribution in [0.5, 0.6) is 5.75 Å². The van der Waals surface area contributed by atoms with Gasteiger partial charge in [-0.2, -0.15) is 0 Å². The number of ether oxygens (including phenoxy) is 1. The summed E-state index contributed by atoms with van der Waals surface area (Å²) >= 11 is 0. The van der Waals surface area contributed by atoms with Gasteiger partial charge in [0, 0.05) is 19.0 Å². The van der Waals surface area contributed by atoms with E-state index in [1.165, 1.54) is 0 Å². The predicted octanol–water partition coefficient (Wildman–Crippen LogP) is 2.21. The second-order valence-corrected chi connectivity index (χ2v) is 4.80. The number of nitrogens with zero attached hydrogens (tertiary/aromatic N) is 2. The van der Waals surface area contributed by atoms with Gasteiger partial charge in [0.2, 0.25) is 0 Å². The number of benzene rings is 1. The standard InChI is InChI=1S/C15H21N3O/c1-10-7-12(8-11(2)15(10)19-4)13-9-17-14(5-6-16)18(13)3/h7-9H,5-6,16H2,1-4H3. The van der Waals surface area contributed by atoms with Crippen LogP contribution < -0.4 is 10.5 Å². The van der Waals surface area contributed by atoms with Crippen LogP contribution in [0.4, 0.5) is 0 Å². The summed E-state index contributed by atoms with van der Waals surface area (Å²) in [6, 6.07) is 4.27. The summed E-state index contributed by atoms with van der Waals surface area (Å²) in [5, 5.41) is 0. The van der Waals surface area contributed by atoms with Crippen LogP contribution in [-0.4, -0.2) is 23.2 Å². The highest BCUT2D eigenvalue weighted by molar-refractivity contribution is 5.64. The number of hydrogen-bond acceptors (Lipinski definition) is 3. The summed E-state index contributed by atoms with van der Waals surface area (Å²) in [7, 11) is 3.74. The van der Waals surface area contributed by atoms with Crippen LogP contribution in [0.1, 0.15) is 17.0 Å². The summed E-state index contributed by atoms with van der Waals surface area (Å²) in [6.07, 6.45) is 2.70. The topological polar surface area (TPSA) is 53.1 Å². The first-order valence-corrected chi connectivity index (χ1v) is 6.44. The predicted molar refractivity (Wildman–Crippen MR) is 77.4 cm³/mol. The minimum atomic E-state index is 0.616. The van der Waals surface area contributed by atoms with Crippen molar-refractivity contribution in [2.75, 3.05) is 13.7 Å². The molecule has 2 N–H and O–H groups in total. The molecule has 4 nitrogen and oxygen atoms in total. The maximum Gasteiger partial charge on any atom is 0.124 e. The highest BCUT2D eigenvalue weighted by Crippen LogP contribution is 2.30. The van der Waals surface area contributed by atoms with Crippen molar-refractivity contribution in [1.82, 2.24) is 9.55 Å². The first-order chi connectivity index (χ1) is 9.08. The van der Waals surface area contributed by atoms with Crippen LogP contribution in [0.2, 0.25) is 0 Å². The molecule has 0 amide bonds. The normalized spacial score (nSPS) is 10.8. The summed E-state index contributed by atoms with van der Waals surface area (Å²) in [6.45, 7) is 4.74. The Kier molecular flexibility index (Phi) is 3.90. The highest BCUT2D eigenvalue weighted by atomic mass is 16.5. The van der Waals surface area contributed by atoms with E-state index < -0.39 is 0 Å². The minimum Gasteiger partial charge on any atom is -0.496 e. The molecule has 0 aliphatic heterocycles. The molecule has 0 unspecified atom stereocenters. The Morgan fingerprint density at radius 3 is 2.42 bits per heavy atom. The molecule has 0 spiro atoms. The number of aromatic nitrogens is 2. The van der Waals surface area contributed by atoms with Crippen molar-refractivity contribution in [3.8, 4) is 17.0 Å². The monoisotopic (exact) mass is 259 g/mol. The van der Waals surface area contributed by atoms with Gasteiger partial charge in [-0.1, -0.05) is 0 Å². The van der Waals surface area contributed by atoms with E-state index in [1.807, 2.05) is 13.2 Å². The molecule has 0 saturated carbocycles. The Labute approximate surface area is 114 Å².